The second-order valence-corrected chi connectivity index (χ2v) is 7.44. The summed E-state index contributed by atoms with van der Waals surface area (Å²) < 4.78 is 1.65. The molecule has 0 aromatic carbocycles. The first-order chi connectivity index (χ1) is 13.7. The van der Waals surface area contributed by atoms with Crippen LogP contribution in [0.1, 0.15) is 0 Å². The van der Waals surface area contributed by atoms with Crippen LogP contribution in [0.5, 0.6) is 0 Å². The highest BCUT2D eigenvalue weighted by atomic mass is 16.1. The Balaban J connectivity index is 1.24. The molecule has 2 saturated heterocycles. The minimum atomic E-state index is -0.0187. The summed E-state index contributed by atoms with van der Waals surface area (Å²) in [6.07, 6.45) is 5.14. The Morgan fingerprint density at radius 3 is 2.57 bits per heavy atom. The van der Waals surface area contributed by atoms with Gasteiger partial charge in [0.25, 0.3) is 5.56 Å². The average Bonchev–Trinajstić information content (AvgIpc) is 2.72. The van der Waals surface area contributed by atoms with Crippen molar-refractivity contribution in [2.75, 3.05) is 49.1 Å². The Morgan fingerprint density at radius 2 is 1.82 bits per heavy atom. The molecule has 2 fully saturated rings. The molecular weight excluding hydrogens is 354 g/mol. The van der Waals surface area contributed by atoms with E-state index >= 15 is 0 Å². The van der Waals surface area contributed by atoms with Crippen LogP contribution < -0.4 is 15.4 Å². The van der Waals surface area contributed by atoms with Crippen molar-refractivity contribution in [1.82, 2.24) is 24.4 Å². The lowest BCUT2D eigenvalue weighted by Gasteiger charge is -2.48. The molecule has 0 amide bonds. The van der Waals surface area contributed by atoms with E-state index in [1.54, 1.807) is 30.1 Å². The predicted octanol–water partition coefficient (Wildman–Crippen LogP) is 0.734. The maximum absolute atomic E-state index is 12.6. The van der Waals surface area contributed by atoms with Crippen LogP contribution >= 0.6 is 0 Å². The van der Waals surface area contributed by atoms with E-state index < -0.39 is 0 Å². The van der Waals surface area contributed by atoms with Gasteiger partial charge in [-0.05, 0) is 18.2 Å². The van der Waals surface area contributed by atoms with Crippen molar-refractivity contribution in [1.29, 1.82) is 0 Å². The number of hydrogen-bond donors (Lipinski definition) is 0. The SMILES string of the molecule is Cn1c(N2CC(N3CCN(c4ccccn4)CC3)C2)nc2cnccc2c1=O. The minimum absolute atomic E-state index is 0.0187. The van der Waals surface area contributed by atoms with E-state index in [0.29, 0.717) is 16.9 Å². The van der Waals surface area contributed by atoms with Crippen LogP contribution in [0.3, 0.4) is 0 Å². The van der Waals surface area contributed by atoms with Crippen molar-refractivity contribution in [2.45, 2.75) is 6.04 Å². The fraction of sp³-hybridized carbons (Fsp3) is 0.400. The Hall–Kier alpha value is -3.00. The van der Waals surface area contributed by atoms with Gasteiger partial charge in [-0.2, -0.15) is 0 Å². The molecule has 0 bridgehead atoms. The van der Waals surface area contributed by atoms with Crippen LogP contribution in [-0.4, -0.2) is 69.7 Å². The molecule has 3 aromatic heterocycles. The molecule has 0 unspecified atom stereocenters. The Bertz CT molecular complexity index is 1040. The lowest BCUT2D eigenvalue weighted by Crippen LogP contribution is -2.64. The van der Waals surface area contributed by atoms with Gasteiger partial charge < -0.3 is 9.80 Å². The molecule has 0 atom stereocenters. The number of nitrogens with zero attached hydrogens (tertiary/aromatic N) is 7. The molecule has 2 aliphatic heterocycles. The molecule has 5 rings (SSSR count). The van der Waals surface area contributed by atoms with Gasteiger partial charge in [0.1, 0.15) is 5.82 Å². The molecule has 144 valence electrons. The van der Waals surface area contributed by atoms with Crippen molar-refractivity contribution in [2.24, 2.45) is 7.05 Å². The number of aromatic nitrogens is 4. The summed E-state index contributed by atoms with van der Waals surface area (Å²) in [4.78, 5) is 32.9. The molecule has 2 aliphatic rings. The number of anilines is 2. The number of hydrogen-bond acceptors (Lipinski definition) is 7. The van der Waals surface area contributed by atoms with E-state index in [1.165, 1.54) is 0 Å². The maximum Gasteiger partial charge on any atom is 0.262 e. The topological polar surface area (TPSA) is 70.4 Å². The van der Waals surface area contributed by atoms with Gasteiger partial charge in [-0.1, -0.05) is 6.07 Å². The average molecular weight is 377 g/mol. The largest absolute Gasteiger partial charge is 0.354 e. The van der Waals surface area contributed by atoms with Gasteiger partial charge >= 0.3 is 0 Å². The van der Waals surface area contributed by atoms with Crippen LogP contribution in [0.2, 0.25) is 0 Å². The first-order valence-corrected chi connectivity index (χ1v) is 9.66. The van der Waals surface area contributed by atoms with Crippen molar-refractivity contribution in [3.63, 3.8) is 0 Å². The smallest absolute Gasteiger partial charge is 0.262 e. The highest BCUT2D eigenvalue weighted by Crippen LogP contribution is 2.24. The summed E-state index contributed by atoms with van der Waals surface area (Å²) >= 11 is 0. The van der Waals surface area contributed by atoms with E-state index in [-0.39, 0.29) is 5.56 Å². The van der Waals surface area contributed by atoms with Gasteiger partial charge in [0.15, 0.2) is 0 Å². The highest BCUT2D eigenvalue weighted by Gasteiger charge is 2.35. The molecule has 28 heavy (non-hydrogen) atoms. The zero-order valence-electron chi connectivity index (χ0n) is 15.9. The third kappa shape index (κ3) is 2.90. The number of rotatable bonds is 3. The molecule has 0 radical (unpaired) electrons. The van der Waals surface area contributed by atoms with Crippen LogP contribution in [0.4, 0.5) is 11.8 Å². The third-order valence-corrected chi connectivity index (χ3v) is 5.80. The van der Waals surface area contributed by atoms with Crippen molar-refractivity contribution in [3.05, 3.63) is 53.2 Å². The van der Waals surface area contributed by atoms with E-state index in [9.17, 15) is 4.79 Å². The van der Waals surface area contributed by atoms with E-state index in [1.807, 2.05) is 18.3 Å². The Morgan fingerprint density at radius 1 is 1.00 bits per heavy atom. The zero-order chi connectivity index (χ0) is 19.1. The normalized spacial score (nSPS) is 18.5. The third-order valence-electron chi connectivity index (χ3n) is 5.80. The molecule has 5 heterocycles. The maximum atomic E-state index is 12.6. The van der Waals surface area contributed by atoms with Gasteiger partial charge in [-0.3, -0.25) is 19.2 Å². The lowest BCUT2D eigenvalue weighted by atomic mass is 10.1. The molecule has 3 aromatic rings. The molecule has 0 saturated carbocycles. The van der Waals surface area contributed by atoms with Gasteiger partial charge in [-0.25, -0.2) is 9.97 Å². The number of fused-ring (bicyclic) bond motifs is 1. The molecule has 8 heteroatoms. The molecule has 0 N–H and O–H groups in total. The van der Waals surface area contributed by atoms with E-state index in [2.05, 4.69) is 35.7 Å². The Kier molecular flexibility index (Phi) is 4.20. The molecule has 0 spiro atoms. The fourth-order valence-electron chi connectivity index (χ4n) is 4.10. The zero-order valence-corrected chi connectivity index (χ0v) is 15.9. The van der Waals surface area contributed by atoms with Crippen LogP contribution in [-0.2, 0) is 7.05 Å². The summed E-state index contributed by atoms with van der Waals surface area (Å²) in [5, 5.41) is 0.615. The van der Waals surface area contributed by atoms with Crippen LogP contribution in [0.25, 0.3) is 10.9 Å². The first kappa shape index (κ1) is 17.1. The van der Waals surface area contributed by atoms with Crippen molar-refractivity contribution < 1.29 is 0 Å². The number of pyridine rings is 2. The molecule has 0 aliphatic carbocycles. The van der Waals surface area contributed by atoms with Gasteiger partial charge in [0.2, 0.25) is 5.95 Å². The second-order valence-electron chi connectivity index (χ2n) is 7.44. The van der Waals surface area contributed by atoms with Crippen molar-refractivity contribution >= 4 is 22.7 Å². The van der Waals surface area contributed by atoms with Crippen molar-refractivity contribution in [3.8, 4) is 0 Å². The summed E-state index contributed by atoms with van der Waals surface area (Å²) in [5.74, 6) is 1.79. The quantitative estimate of drug-likeness (QED) is 0.667. The van der Waals surface area contributed by atoms with E-state index in [4.69, 9.17) is 0 Å². The summed E-state index contributed by atoms with van der Waals surface area (Å²) in [6.45, 7) is 5.84. The second kappa shape index (κ2) is 6.87. The fourth-order valence-corrected chi connectivity index (χ4v) is 4.10. The minimum Gasteiger partial charge on any atom is -0.354 e. The summed E-state index contributed by atoms with van der Waals surface area (Å²) in [5.41, 5.74) is 0.642. The van der Waals surface area contributed by atoms with E-state index in [0.717, 1.165) is 51.0 Å². The first-order valence-electron chi connectivity index (χ1n) is 9.66. The summed E-state index contributed by atoms with van der Waals surface area (Å²) in [6, 6.07) is 8.30. The lowest BCUT2D eigenvalue weighted by molar-refractivity contribution is 0.155. The Labute approximate surface area is 163 Å². The molecular formula is C20H23N7O. The highest BCUT2D eigenvalue weighted by molar-refractivity contribution is 5.77. The number of piperazine rings is 1. The van der Waals surface area contributed by atoms with Gasteiger partial charge in [0.05, 0.1) is 17.1 Å². The standard InChI is InChI=1S/C20H23N7O/c1-24-19(28)16-5-7-21-12-17(16)23-20(24)27-13-15(14-27)25-8-10-26(11-9-25)18-4-2-3-6-22-18/h2-7,12,15H,8-11,13-14H2,1H3. The monoisotopic (exact) mass is 377 g/mol. The summed E-state index contributed by atoms with van der Waals surface area (Å²) in [7, 11) is 1.80. The van der Waals surface area contributed by atoms with Gasteiger partial charge in [0, 0.05) is 64.8 Å². The van der Waals surface area contributed by atoms with Gasteiger partial charge in [-0.15, -0.1) is 0 Å². The van der Waals surface area contributed by atoms with Crippen LogP contribution in [0.15, 0.2) is 47.7 Å². The van der Waals surface area contributed by atoms with Crippen LogP contribution in [0, 0.1) is 0 Å². The molecule has 8 nitrogen and oxygen atoms in total. The predicted molar refractivity (Wildman–Crippen MR) is 109 cm³/mol.